The Morgan fingerprint density at radius 3 is 2.56 bits per heavy atom. The SMILES string of the molecule is COc1cccc(CN2C(=O)N(c3ccc(-c4cn[nH]c4)cc3)CC23CCN(C)CC3)c1. The van der Waals surface area contributed by atoms with Gasteiger partial charge < -0.3 is 14.5 Å². The van der Waals surface area contributed by atoms with Crippen LogP contribution in [0.2, 0.25) is 0 Å². The molecule has 3 aromatic rings. The summed E-state index contributed by atoms with van der Waals surface area (Å²) >= 11 is 0. The number of amides is 2. The molecule has 3 heterocycles. The Kier molecular flexibility index (Phi) is 5.35. The molecule has 0 aliphatic carbocycles. The molecule has 2 amide bonds. The lowest BCUT2D eigenvalue weighted by Gasteiger charge is -2.42. The fourth-order valence-corrected chi connectivity index (χ4v) is 4.89. The molecule has 7 nitrogen and oxygen atoms in total. The van der Waals surface area contributed by atoms with E-state index in [-0.39, 0.29) is 11.6 Å². The molecular weight excluding hydrogens is 402 g/mol. The zero-order valence-corrected chi connectivity index (χ0v) is 18.6. The van der Waals surface area contributed by atoms with Gasteiger partial charge in [-0.2, -0.15) is 5.10 Å². The van der Waals surface area contributed by atoms with Crippen molar-refractivity contribution in [3.8, 4) is 16.9 Å². The van der Waals surface area contributed by atoms with Crippen LogP contribution in [0.15, 0.2) is 60.9 Å². The van der Waals surface area contributed by atoms with Gasteiger partial charge in [0.15, 0.2) is 0 Å². The molecular formula is C25H29N5O2. The van der Waals surface area contributed by atoms with Crippen molar-refractivity contribution in [1.82, 2.24) is 20.0 Å². The van der Waals surface area contributed by atoms with Gasteiger partial charge in [-0.15, -0.1) is 0 Å². The maximum atomic E-state index is 13.7. The van der Waals surface area contributed by atoms with Crippen molar-refractivity contribution in [2.24, 2.45) is 0 Å². The lowest BCUT2D eigenvalue weighted by molar-refractivity contribution is 0.0825. The van der Waals surface area contributed by atoms with Gasteiger partial charge in [-0.25, -0.2) is 4.79 Å². The summed E-state index contributed by atoms with van der Waals surface area (Å²) in [5, 5.41) is 6.88. The smallest absolute Gasteiger partial charge is 0.325 e. The van der Waals surface area contributed by atoms with Crippen LogP contribution in [0.5, 0.6) is 5.75 Å². The second-order valence-corrected chi connectivity index (χ2v) is 8.87. The van der Waals surface area contributed by atoms with E-state index >= 15 is 0 Å². The minimum absolute atomic E-state index is 0.0773. The van der Waals surface area contributed by atoms with E-state index in [0.717, 1.165) is 54.1 Å². The van der Waals surface area contributed by atoms with Gasteiger partial charge in [0.05, 0.1) is 25.4 Å². The molecule has 1 aromatic heterocycles. The average Bonchev–Trinajstić information content (AvgIpc) is 3.45. The van der Waals surface area contributed by atoms with Crippen LogP contribution in [0.4, 0.5) is 10.5 Å². The van der Waals surface area contributed by atoms with Crippen molar-refractivity contribution in [2.75, 3.05) is 38.7 Å². The number of hydrogen-bond acceptors (Lipinski definition) is 4. The first-order valence-electron chi connectivity index (χ1n) is 11.1. The monoisotopic (exact) mass is 431 g/mol. The molecule has 2 fully saturated rings. The highest BCUT2D eigenvalue weighted by Crippen LogP contribution is 2.39. The van der Waals surface area contributed by atoms with Crippen molar-refractivity contribution >= 4 is 11.7 Å². The number of carbonyl (C=O) groups excluding carboxylic acids is 1. The predicted molar refractivity (Wildman–Crippen MR) is 125 cm³/mol. The highest BCUT2D eigenvalue weighted by atomic mass is 16.5. The highest BCUT2D eigenvalue weighted by Gasteiger charge is 2.50. The van der Waals surface area contributed by atoms with E-state index in [1.165, 1.54) is 0 Å². The number of ether oxygens (including phenoxy) is 1. The number of urea groups is 1. The minimum Gasteiger partial charge on any atom is -0.497 e. The zero-order valence-electron chi connectivity index (χ0n) is 18.6. The van der Waals surface area contributed by atoms with E-state index in [0.29, 0.717) is 13.1 Å². The molecule has 166 valence electrons. The Bertz CT molecular complexity index is 1070. The summed E-state index contributed by atoms with van der Waals surface area (Å²) < 4.78 is 5.40. The van der Waals surface area contributed by atoms with E-state index in [1.807, 2.05) is 41.4 Å². The number of aromatic nitrogens is 2. The standard InChI is InChI=1S/C25H29N5O2/c1-28-12-10-25(11-13-28)18-29(22-8-6-20(7-9-22)21-15-26-27-16-21)24(31)30(25)17-19-4-3-5-23(14-19)32-2/h3-9,14-16H,10-13,17-18H2,1-2H3,(H,26,27). The van der Waals surface area contributed by atoms with E-state index < -0.39 is 0 Å². The molecule has 32 heavy (non-hydrogen) atoms. The molecule has 0 bridgehead atoms. The average molecular weight is 432 g/mol. The van der Waals surface area contributed by atoms with Crippen molar-refractivity contribution in [1.29, 1.82) is 0 Å². The van der Waals surface area contributed by atoms with Crippen molar-refractivity contribution in [2.45, 2.75) is 24.9 Å². The summed E-state index contributed by atoms with van der Waals surface area (Å²) in [5.74, 6) is 0.818. The van der Waals surface area contributed by atoms with Gasteiger partial charge in [0.1, 0.15) is 5.75 Å². The predicted octanol–water partition coefficient (Wildman–Crippen LogP) is 3.99. The fourth-order valence-electron chi connectivity index (χ4n) is 4.89. The fraction of sp³-hybridized carbons (Fsp3) is 0.360. The van der Waals surface area contributed by atoms with Gasteiger partial charge in [0.25, 0.3) is 0 Å². The molecule has 1 spiro atoms. The van der Waals surface area contributed by atoms with E-state index in [9.17, 15) is 4.79 Å². The van der Waals surface area contributed by atoms with Gasteiger partial charge in [-0.3, -0.25) is 10.00 Å². The molecule has 0 unspecified atom stereocenters. The maximum Gasteiger partial charge on any atom is 0.325 e. The van der Waals surface area contributed by atoms with Crippen LogP contribution >= 0.6 is 0 Å². The summed E-state index contributed by atoms with van der Waals surface area (Å²) in [6, 6.07) is 16.3. The van der Waals surface area contributed by atoms with Crippen molar-refractivity contribution < 1.29 is 9.53 Å². The number of carbonyl (C=O) groups is 1. The summed E-state index contributed by atoms with van der Waals surface area (Å²) in [6.45, 7) is 3.29. The Hall–Kier alpha value is -3.32. The number of nitrogens with zero attached hydrogens (tertiary/aromatic N) is 4. The van der Waals surface area contributed by atoms with Crippen LogP contribution in [0.1, 0.15) is 18.4 Å². The Morgan fingerprint density at radius 1 is 1.09 bits per heavy atom. The summed E-state index contributed by atoms with van der Waals surface area (Å²) in [6.07, 6.45) is 5.63. The quantitative estimate of drug-likeness (QED) is 0.663. The second kappa shape index (κ2) is 8.31. The molecule has 5 rings (SSSR count). The van der Waals surface area contributed by atoms with E-state index in [4.69, 9.17) is 4.74 Å². The number of H-pyrrole nitrogens is 1. The van der Waals surface area contributed by atoms with Crippen LogP contribution < -0.4 is 9.64 Å². The topological polar surface area (TPSA) is 64.7 Å². The number of piperidine rings is 1. The Balaban J connectivity index is 1.44. The first-order chi connectivity index (χ1) is 15.6. The summed E-state index contributed by atoms with van der Waals surface area (Å²) in [7, 11) is 3.83. The molecule has 2 saturated heterocycles. The molecule has 0 atom stereocenters. The number of benzene rings is 2. The number of rotatable bonds is 5. The van der Waals surface area contributed by atoms with Gasteiger partial charge >= 0.3 is 6.03 Å². The van der Waals surface area contributed by atoms with Gasteiger partial charge in [0, 0.05) is 37.1 Å². The number of anilines is 1. The van der Waals surface area contributed by atoms with Gasteiger partial charge in [0.2, 0.25) is 0 Å². The molecule has 0 saturated carbocycles. The molecule has 2 aromatic carbocycles. The molecule has 2 aliphatic heterocycles. The molecule has 0 radical (unpaired) electrons. The van der Waals surface area contributed by atoms with Crippen molar-refractivity contribution in [3.05, 3.63) is 66.5 Å². The van der Waals surface area contributed by atoms with Gasteiger partial charge in [-0.1, -0.05) is 24.3 Å². The second-order valence-electron chi connectivity index (χ2n) is 8.87. The van der Waals surface area contributed by atoms with Gasteiger partial charge in [-0.05, 0) is 55.3 Å². The van der Waals surface area contributed by atoms with E-state index in [1.54, 1.807) is 13.3 Å². The summed E-state index contributed by atoms with van der Waals surface area (Å²) in [5.41, 5.74) is 3.99. The normalized spacial score (nSPS) is 18.5. The third-order valence-corrected chi connectivity index (χ3v) is 6.89. The minimum atomic E-state index is -0.157. The van der Waals surface area contributed by atoms with Crippen molar-refractivity contribution in [3.63, 3.8) is 0 Å². The molecule has 7 heteroatoms. The summed E-state index contributed by atoms with van der Waals surface area (Å²) in [4.78, 5) is 20.1. The van der Waals surface area contributed by atoms with E-state index in [2.05, 4.69) is 45.2 Å². The zero-order chi connectivity index (χ0) is 22.1. The lowest BCUT2D eigenvalue weighted by atomic mass is 9.86. The molecule has 1 N–H and O–H groups in total. The highest BCUT2D eigenvalue weighted by molar-refractivity contribution is 5.95. The molecule has 2 aliphatic rings. The third-order valence-electron chi connectivity index (χ3n) is 6.89. The Morgan fingerprint density at radius 2 is 1.88 bits per heavy atom. The van der Waals surface area contributed by atoms with Crippen LogP contribution in [-0.4, -0.2) is 65.4 Å². The third kappa shape index (κ3) is 3.73. The first kappa shape index (κ1) is 20.6. The number of aromatic amines is 1. The maximum absolute atomic E-state index is 13.7. The number of likely N-dealkylation sites (tertiary alicyclic amines) is 1. The van der Waals surface area contributed by atoms with Crippen LogP contribution in [0.3, 0.4) is 0 Å². The van der Waals surface area contributed by atoms with Crippen LogP contribution in [-0.2, 0) is 6.54 Å². The first-order valence-corrected chi connectivity index (χ1v) is 11.1. The number of hydrogen-bond donors (Lipinski definition) is 1. The lowest BCUT2D eigenvalue weighted by Crippen LogP contribution is -2.53. The number of methoxy groups -OCH3 is 1. The van der Waals surface area contributed by atoms with Crippen LogP contribution in [0.25, 0.3) is 11.1 Å². The number of nitrogens with one attached hydrogen (secondary N) is 1. The van der Waals surface area contributed by atoms with Crippen LogP contribution in [0, 0.1) is 0 Å². The Labute approximate surface area is 188 Å². The largest absolute Gasteiger partial charge is 0.497 e.